The quantitative estimate of drug-likeness (QED) is 0.733. The molecule has 0 spiro atoms. The zero-order chi connectivity index (χ0) is 16.4. The van der Waals surface area contributed by atoms with Crippen molar-refractivity contribution in [3.8, 4) is 0 Å². The van der Waals surface area contributed by atoms with Gasteiger partial charge in [-0.15, -0.1) is 0 Å². The van der Waals surface area contributed by atoms with Crippen molar-refractivity contribution in [3.63, 3.8) is 0 Å². The molecular formula is C16H17N5O2. The minimum absolute atomic E-state index is 0.0822. The summed E-state index contributed by atoms with van der Waals surface area (Å²) in [7, 11) is 5.57. The maximum atomic E-state index is 12.5. The van der Waals surface area contributed by atoms with Crippen LogP contribution in [-0.4, -0.2) is 47.2 Å². The third kappa shape index (κ3) is 3.13. The van der Waals surface area contributed by atoms with Crippen LogP contribution >= 0.6 is 0 Å². The monoisotopic (exact) mass is 311 g/mol. The Balaban J connectivity index is 1.73. The number of amides is 1. The van der Waals surface area contributed by atoms with Crippen LogP contribution < -0.4 is 4.90 Å². The van der Waals surface area contributed by atoms with E-state index in [1.54, 1.807) is 24.2 Å². The molecule has 2 heterocycles. The van der Waals surface area contributed by atoms with Gasteiger partial charge in [-0.1, -0.05) is 6.07 Å². The van der Waals surface area contributed by atoms with E-state index in [-0.39, 0.29) is 5.91 Å². The summed E-state index contributed by atoms with van der Waals surface area (Å²) >= 11 is 0. The molecule has 0 unspecified atom stereocenters. The lowest BCUT2D eigenvalue weighted by molar-refractivity contribution is 0.0784. The number of carbonyl (C=O) groups is 1. The predicted octanol–water partition coefficient (Wildman–Crippen LogP) is 1.96. The molecule has 3 aromatic rings. The van der Waals surface area contributed by atoms with Gasteiger partial charge in [0.05, 0.1) is 5.56 Å². The topological polar surface area (TPSA) is 75.4 Å². The van der Waals surface area contributed by atoms with E-state index >= 15 is 0 Å². The average Bonchev–Trinajstić information content (AvgIpc) is 3.01. The Kier molecular flexibility index (Phi) is 3.92. The van der Waals surface area contributed by atoms with Gasteiger partial charge < -0.3 is 9.80 Å². The predicted molar refractivity (Wildman–Crippen MR) is 86.2 cm³/mol. The largest absolute Gasteiger partial charge is 0.363 e. The molecule has 7 nitrogen and oxygen atoms in total. The molecule has 23 heavy (non-hydrogen) atoms. The van der Waals surface area contributed by atoms with Crippen molar-refractivity contribution in [3.05, 3.63) is 47.7 Å². The molecule has 0 saturated carbocycles. The highest BCUT2D eigenvalue weighted by molar-refractivity contribution is 5.94. The van der Waals surface area contributed by atoms with Gasteiger partial charge in [-0.2, -0.15) is 0 Å². The number of nitrogens with zero attached hydrogens (tertiary/aromatic N) is 5. The summed E-state index contributed by atoms with van der Waals surface area (Å²) in [6, 6.07) is 9.21. The van der Waals surface area contributed by atoms with Gasteiger partial charge in [0.15, 0.2) is 0 Å². The van der Waals surface area contributed by atoms with Crippen molar-refractivity contribution >= 4 is 22.8 Å². The second kappa shape index (κ2) is 6.04. The fraction of sp³-hybridized carbons (Fsp3) is 0.250. The lowest BCUT2D eigenvalue weighted by Crippen LogP contribution is -2.26. The van der Waals surface area contributed by atoms with Gasteiger partial charge in [-0.25, -0.2) is 9.61 Å². The van der Waals surface area contributed by atoms with Crippen LogP contribution in [0.4, 0.5) is 5.82 Å². The third-order valence-corrected chi connectivity index (χ3v) is 3.54. The van der Waals surface area contributed by atoms with Crippen molar-refractivity contribution in [2.45, 2.75) is 6.54 Å². The second-order valence-corrected chi connectivity index (χ2v) is 5.55. The second-order valence-electron chi connectivity index (χ2n) is 5.55. The highest BCUT2D eigenvalue weighted by Crippen LogP contribution is 2.15. The smallest absolute Gasteiger partial charge is 0.255 e. The summed E-state index contributed by atoms with van der Waals surface area (Å²) in [4.78, 5) is 20.3. The lowest BCUT2D eigenvalue weighted by atomic mass is 10.1. The SMILES string of the molecule is CN(Cc1ccc2nonc2c1)C(=O)c1ccc(N(C)C)nc1. The van der Waals surface area contributed by atoms with Gasteiger partial charge in [0.2, 0.25) is 0 Å². The van der Waals surface area contributed by atoms with Gasteiger partial charge in [0, 0.05) is 33.9 Å². The summed E-state index contributed by atoms with van der Waals surface area (Å²) in [5, 5.41) is 7.58. The third-order valence-electron chi connectivity index (χ3n) is 3.54. The van der Waals surface area contributed by atoms with Crippen LogP contribution in [0.15, 0.2) is 41.2 Å². The molecule has 0 N–H and O–H groups in total. The Morgan fingerprint density at radius 2 is 1.87 bits per heavy atom. The highest BCUT2D eigenvalue weighted by atomic mass is 16.6. The number of aromatic nitrogens is 3. The summed E-state index contributed by atoms with van der Waals surface area (Å²) < 4.78 is 4.68. The van der Waals surface area contributed by atoms with Crippen LogP contribution in [0.25, 0.3) is 11.0 Å². The Labute approximate surface area is 133 Å². The number of anilines is 1. The summed E-state index contributed by atoms with van der Waals surface area (Å²) in [6.45, 7) is 0.469. The van der Waals surface area contributed by atoms with Crippen molar-refractivity contribution in [2.75, 3.05) is 26.0 Å². The highest BCUT2D eigenvalue weighted by Gasteiger charge is 2.13. The number of rotatable bonds is 4. The van der Waals surface area contributed by atoms with Gasteiger partial charge in [0.25, 0.3) is 5.91 Å². The van der Waals surface area contributed by atoms with Crippen LogP contribution in [0.2, 0.25) is 0 Å². The number of hydrogen-bond acceptors (Lipinski definition) is 6. The molecule has 7 heteroatoms. The van der Waals surface area contributed by atoms with E-state index in [0.29, 0.717) is 23.1 Å². The normalized spacial score (nSPS) is 10.7. The fourth-order valence-corrected chi connectivity index (χ4v) is 2.27. The molecule has 0 radical (unpaired) electrons. The Morgan fingerprint density at radius 1 is 1.09 bits per heavy atom. The van der Waals surface area contributed by atoms with E-state index in [4.69, 9.17) is 0 Å². The maximum Gasteiger partial charge on any atom is 0.255 e. The van der Waals surface area contributed by atoms with E-state index in [0.717, 1.165) is 11.4 Å². The minimum Gasteiger partial charge on any atom is -0.363 e. The molecule has 0 aliphatic rings. The molecule has 0 saturated heterocycles. The molecule has 3 rings (SSSR count). The van der Waals surface area contributed by atoms with Gasteiger partial charge in [0.1, 0.15) is 16.9 Å². The van der Waals surface area contributed by atoms with Crippen LogP contribution in [0.1, 0.15) is 15.9 Å². The summed E-state index contributed by atoms with van der Waals surface area (Å²) in [6.07, 6.45) is 1.60. The summed E-state index contributed by atoms with van der Waals surface area (Å²) in [5.41, 5.74) is 2.90. The van der Waals surface area contributed by atoms with E-state index in [2.05, 4.69) is 19.9 Å². The molecule has 0 aliphatic heterocycles. The van der Waals surface area contributed by atoms with Crippen molar-refractivity contribution in [2.24, 2.45) is 0 Å². The van der Waals surface area contributed by atoms with Crippen LogP contribution in [-0.2, 0) is 6.54 Å². The van der Waals surface area contributed by atoms with Crippen molar-refractivity contribution in [1.29, 1.82) is 0 Å². The molecule has 0 fully saturated rings. The first-order valence-corrected chi connectivity index (χ1v) is 7.14. The number of fused-ring (bicyclic) bond motifs is 1. The van der Waals surface area contributed by atoms with E-state index in [1.165, 1.54) is 0 Å². The van der Waals surface area contributed by atoms with Crippen molar-refractivity contribution in [1.82, 2.24) is 20.2 Å². The molecule has 1 amide bonds. The van der Waals surface area contributed by atoms with Gasteiger partial charge in [-0.05, 0) is 40.1 Å². The van der Waals surface area contributed by atoms with E-state index in [1.807, 2.05) is 43.3 Å². The van der Waals surface area contributed by atoms with E-state index in [9.17, 15) is 4.79 Å². The maximum absolute atomic E-state index is 12.5. The zero-order valence-corrected chi connectivity index (χ0v) is 13.2. The molecule has 1 aromatic carbocycles. The first-order valence-electron chi connectivity index (χ1n) is 7.14. The average molecular weight is 311 g/mol. The molecular weight excluding hydrogens is 294 g/mol. The molecule has 0 bridgehead atoms. The van der Waals surface area contributed by atoms with Crippen LogP contribution in [0.5, 0.6) is 0 Å². The van der Waals surface area contributed by atoms with Crippen molar-refractivity contribution < 1.29 is 9.42 Å². The Morgan fingerprint density at radius 3 is 2.57 bits per heavy atom. The number of benzene rings is 1. The first-order chi connectivity index (χ1) is 11.0. The minimum atomic E-state index is -0.0822. The van der Waals surface area contributed by atoms with Gasteiger partial charge >= 0.3 is 0 Å². The molecule has 2 aromatic heterocycles. The number of pyridine rings is 1. The number of carbonyl (C=O) groups excluding carboxylic acids is 1. The number of hydrogen-bond donors (Lipinski definition) is 0. The lowest BCUT2D eigenvalue weighted by Gasteiger charge is -2.18. The zero-order valence-electron chi connectivity index (χ0n) is 13.2. The fourth-order valence-electron chi connectivity index (χ4n) is 2.27. The molecule has 0 atom stereocenters. The standard InChI is InChI=1S/C16H17N5O2/c1-20(2)15-7-5-12(9-17-15)16(22)21(3)10-11-4-6-13-14(8-11)19-23-18-13/h4-9H,10H2,1-3H3. The van der Waals surface area contributed by atoms with Gasteiger partial charge in [-0.3, -0.25) is 4.79 Å². The van der Waals surface area contributed by atoms with Crippen LogP contribution in [0, 0.1) is 0 Å². The van der Waals surface area contributed by atoms with E-state index < -0.39 is 0 Å². The summed E-state index contributed by atoms with van der Waals surface area (Å²) in [5.74, 6) is 0.731. The Hall–Kier alpha value is -2.96. The first kappa shape index (κ1) is 15.0. The molecule has 118 valence electrons. The molecule has 0 aliphatic carbocycles. The van der Waals surface area contributed by atoms with Crippen LogP contribution in [0.3, 0.4) is 0 Å². The Bertz CT molecular complexity index is 826.